The van der Waals surface area contributed by atoms with E-state index in [1.165, 1.54) is 23.5 Å². The van der Waals surface area contributed by atoms with E-state index in [0.717, 1.165) is 23.2 Å². The molecule has 1 heterocycles. The van der Waals surface area contributed by atoms with Gasteiger partial charge in [0, 0.05) is 31.3 Å². The molecule has 0 aliphatic carbocycles. The molecule has 1 aromatic heterocycles. The van der Waals surface area contributed by atoms with Gasteiger partial charge in [-0.3, -0.25) is 9.69 Å². The normalized spacial score (nSPS) is 12.3. The molecule has 0 saturated heterocycles. The van der Waals surface area contributed by atoms with E-state index in [0.29, 0.717) is 36.1 Å². The smallest absolute Gasteiger partial charge is 0.260 e. The van der Waals surface area contributed by atoms with E-state index in [9.17, 15) is 13.2 Å². The lowest BCUT2D eigenvalue weighted by molar-refractivity contribution is 0.0986. The van der Waals surface area contributed by atoms with Crippen molar-refractivity contribution in [1.82, 2.24) is 14.2 Å². The number of nitrogens with zero attached hydrogens (tertiary/aromatic N) is 4. The van der Waals surface area contributed by atoms with Gasteiger partial charge in [0.1, 0.15) is 5.75 Å². The van der Waals surface area contributed by atoms with Crippen LogP contribution in [0.4, 0.5) is 5.13 Å². The maximum Gasteiger partial charge on any atom is 0.260 e. The number of ether oxygens (including phenoxy) is 1. The average molecular weight is 561 g/mol. The fourth-order valence-corrected chi connectivity index (χ4v) is 6.86. The van der Waals surface area contributed by atoms with Crippen LogP contribution in [-0.4, -0.2) is 75.9 Å². The Morgan fingerprint density at radius 2 is 1.61 bits per heavy atom. The number of carbonyl (C=O) groups is 1. The van der Waals surface area contributed by atoms with Gasteiger partial charge < -0.3 is 9.64 Å². The molecule has 0 aliphatic rings. The second-order valence-corrected chi connectivity index (χ2v) is 13.5. The summed E-state index contributed by atoms with van der Waals surface area (Å²) in [7, 11) is 1.93. The fourth-order valence-electron chi connectivity index (χ4n) is 4.13. The van der Waals surface area contributed by atoms with Gasteiger partial charge in [-0.15, -0.1) is 0 Å². The molecule has 0 fully saturated rings. The van der Waals surface area contributed by atoms with Crippen LogP contribution in [0.2, 0.25) is 0 Å². The van der Waals surface area contributed by atoms with Crippen LogP contribution >= 0.6 is 11.3 Å². The standard InChI is InChI=1S/C28H40N4O4S2/c1-20(2)18-31(19-21(3)4)38(34,35)24-12-9-22(10-13-24)27(33)32(16-8-15-30(5)6)28-29-25-17-23(36-7)11-14-26(25)37-28/h9-14,17,20-21H,8,15-16,18-19H2,1-7H3. The number of hydrogen-bond acceptors (Lipinski definition) is 7. The molecule has 0 aliphatic heterocycles. The van der Waals surface area contributed by atoms with Crippen molar-refractivity contribution < 1.29 is 17.9 Å². The number of rotatable bonds is 13. The fraction of sp³-hybridized carbons (Fsp3) is 0.500. The molecular weight excluding hydrogens is 520 g/mol. The zero-order valence-corrected chi connectivity index (χ0v) is 25.1. The van der Waals surface area contributed by atoms with Gasteiger partial charge in [-0.2, -0.15) is 4.31 Å². The summed E-state index contributed by atoms with van der Waals surface area (Å²) < 4.78 is 34.6. The van der Waals surface area contributed by atoms with Gasteiger partial charge in [0.15, 0.2) is 5.13 Å². The molecule has 3 aromatic rings. The van der Waals surface area contributed by atoms with Gasteiger partial charge in [-0.05, 0) is 75.3 Å². The highest BCUT2D eigenvalue weighted by molar-refractivity contribution is 7.89. The molecule has 208 valence electrons. The molecule has 0 atom stereocenters. The highest BCUT2D eigenvalue weighted by Crippen LogP contribution is 2.32. The molecule has 38 heavy (non-hydrogen) atoms. The molecule has 10 heteroatoms. The molecule has 8 nitrogen and oxygen atoms in total. The van der Waals surface area contributed by atoms with E-state index in [2.05, 4.69) is 4.90 Å². The first-order chi connectivity index (χ1) is 17.9. The summed E-state index contributed by atoms with van der Waals surface area (Å²) in [5, 5.41) is 0.605. The number of benzene rings is 2. The van der Waals surface area contributed by atoms with Crippen LogP contribution in [0.25, 0.3) is 10.2 Å². The topological polar surface area (TPSA) is 83.0 Å². The number of hydrogen-bond donors (Lipinski definition) is 0. The number of sulfonamides is 1. The van der Waals surface area contributed by atoms with Gasteiger partial charge in [0.05, 0.1) is 22.2 Å². The van der Waals surface area contributed by atoms with Gasteiger partial charge in [0.25, 0.3) is 5.91 Å². The summed E-state index contributed by atoms with van der Waals surface area (Å²) in [5.74, 6) is 0.906. The summed E-state index contributed by atoms with van der Waals surface area (Å²) >= 11 is 1.45. The van der Waals surface area contributed by atoms with Crippen LogP contribution in [-0.2, 0) is 10.0 Å². The third kappa shape index (κ3) is 7.53. The van der Waals surface area contributed by atoms with E-state index >= 15 is 0 Å². The second kappa shape index (κ2) is 13.0. The number of amides is 1. The summed E-state index contributed by atoms with van der Waals surface area (Å²) in [5.41, 5.74) is 1.19. The van der Waals surface area contributed by atoms with Gasteiger partial charge in [-0.1, -0.05) is 39.0 Å². The Kier molecular flexibility index (Phi) is 10.3. The monoisotopic (exact) mass is 560 g/mol. The molecular formula is C28H40N4O4S2. The van der Waals surface area contributed by atoms with Crippen LogP contribution in [0.5, 0.6) is 5.75 Å². The summed E-state index contributed by atoms with van der Waals surface area (Å²) in [6, 6.07) is 12.0. The van der Waals surface area contributed by atoms with Crippen molar-refractivity contribution in [2.75, 3.05) is 52.3 Å². The Labute approximate surface area is 231 Å². The van der Waals surface area contributed by atoms with Crippen LogP contribution in [0.15, 0.2) is 47.4 Å². The highest BCUT2D eigenvalue weighted by atomic mass is 32.2. The Morgan fingerprint density at radius 3 is 2.16 bits per heavy atom. The lowest BCUT2D eigenvalue weighted by Gasteiger charge is -2.26. The first kappa shape index (κ1) is 30.0. The minimum atomic E-state index is -3.67. The molecule has 0 N–H and O–H groups in total. The van der Waals surface area contributed by atoms with Gasteiger partial charge in [0.2, 0.25) is 10.0 Å². The molecule has 2 aromatic carbocycles. The lowest BCUT2D eigenvalue weighted by atomic mass is 10.2. The SMILES string of the molecule is COc1ccc2sc(N(CCCN(C)C)C(=O)c3ccc(S(=O)(=O)N(CC(C)C)CC(C)C)cc3)nc2c1. The first-order valence-corrected chi connectivity index (χ1v) is 15.2. The summed E-state index contributed by atoms with van der Waals surface area (Å²) in [6.45, 7) is 10.2. The van der Waals surface area contributed by atoms with Crippen molar-refractivity contribution in [3.8, 4) is 5.75 Å². The van der Waals surface area contributed by atoms with E-state index in [4.69, 9.17) is 9.72 Å². The number of methoxy groups -OCH3 is 1. The first-order valence-electron chi connectivity index (χ1n) is 12.9. The molecule has 0 spiro atoms. The predicted octanol–water partition coefficient (Wildman–Crippen LogP) is 5.21. The number of anilines is 1. The quantitative estimate of drug-likeness (QED) is 0.286. The van der Waals surface area contributed by atoms with Crippen molar-refractivity contribution >= 4 is 42.6 Å². The largest absolute Gasteiger partial charge is 0.497 e. The average Bonchev–Trinajstić information content (AvgIpc) is 3.28. The van der Waals surface area contributed by atoms with Gasteiger partial charge >= 0.3 is 0 Å². The van der Waals surface area contributed by atoms with Crippen LogP contribution in [0.3, 0.4) is 0 Å². The maximum atomic E-state index is 13.7. The van der Waals surface area contributed by atoms with Crippen LogP contribution < -0.4 is 9.64 Å². The zero-order valence-electron chi connectivity index (χ0n) is 23.5. The Morgan fingerprint density at radius 1 is 0.974 bits per heavy atom. The molecule has 1 amide bonds. The van der Waals surface area contributed by atoms with Gasteiger partial charge in [-0.25, -0.2) is 13.4 Å². The Hall–Kier alpha value is -2.53. The number of thiazole rings is 1. The van der Waals surface area contributed by atoms with Crippen molar-refractivity contribution in [3.63, 3.8) is 0 Å². The summed E-state index contributed by atoms with van der Waals surface area (Å²) in [6.07, 6.45) is 0.768. The minimum absolute atomic E-state index is 0.196. The van der Waals surface area contributed by atoms with Crippen LogP contribution in [0, 0.1) is 11.8 Å². The highest BCUT2D eigenvalue weighted by Gasteiger charge is 2.27. The number of carbonyl (C=O) groups excluding carboxylic acids is 1. The van der Waals surface area contributed by atoms with Crippen LogP contribution in [0.1, 0.15) is 44.5 Å². The van der Waals surface area contributed by atoms with E-state index in [-0.39, 0.29) is 22.6 Å². The van der Waals surface area contributed by atoms with Crippen molar-refractivity contribution in [2.45, 2.75) is 39.0 Å². The van der Waals surface area contributed by atoms with Crippen molar-refractivity contribution in [3.05, 3.63) is 48.0 Å². The van der Waals surface area contributed by atoms with E-state index in [1.54, 1.807) is 28.4 Å². The molecule has 3 rings (SSSR count). The van der Waals surface area contributed by atoms with E-state index < -0.39 is 10.0 Å². The molecule has 0 unspecified atom stereocenters. The maximum absolute atomic E-state index is 13.7. The number of aromatic nitrogens is 1. The second-order valence-electron chi connectivity index (χ2n) is 10.6. The zero-order chi connectivity index (χ0) is 28.0. The molecule has 0 radical (unpaired) electrons. The lowest BCUT2D eigenvalue weighted by Crippen LogP contribution is -2.37. The van der Waals surface area contributed by atoms with Crippen molar-refractivity contribution in [1.29, 1.82) is 0 Å². The predicted molar refractivity (Wildman–Crippen MR) is 156 cm³/mol. The third-order valence-electron chi connectivity index (χ3n) is 5.92. The van der Waals surface area contributed by atoms with Crippen molar-refractivity contribution in [2.24, 2.45) is 11.8 Å². The number of fused-ring (bicyclic) bond motifs is 1. The minimum Gasteiger partial charge on any atom is -0.497 e. The third-order valence-corrected chi connectivity index (χ3v) is 8.83. The molecule has 0 saturated carbocycles. The summed E-state index contributed by atoms with van der Waals surface area (Å²) in [4.78, 5) is 22.4. The van der Waals surface area contributed by atoms with E-state index in [1.807, 2.05) is 60.0 Å². The Bertz CT molecular complexity index is 1310. The molecule has 0 bridgehead atoms. The Balaban J connectivity index is 1.91.